The van der Waals surface area contributed by atoms with Gasteiger partial charge in [0.15, 0.2) is 0 Å². The number of hydrogen-bond donors (Lipinski definition) is 1. The van der Waals surface area contributed by atoms with Gasteiger partial charge >= 0.3 is 0 Å². The molecule has 1 aromatic heterocycles. The number of amides is 1. The molecule has 3 aromatic rings. The Morgan fingerprint density at radius 2 is 2.00 bits per heavy atom. The third-order valence-corrected chi connectivity index (χ3v) is 5.40. The number of benzene rings is 2. The monoisotopic (exact) mass is 406 g/mol. The van der Waals surface area contributed by atoms with Crippen LogP contribution < -0.4 is 10.1 Å². The van der Waals surface area contributed by atoms with Gasteiger partial charge in [0.2, 0.25) is 0 Å². The van der Waals surface area contributed by atoms with Gasteiger partial charge in [0.05, 0.1) is 33.4 Å². The summed E-state index contributed by atoms with van der Waals surface area (Å²) in [6.45, 7) is 2.06. The number of ether oxygens (including phenoxy) is 1. The van der Waals surface area contributed by atoms with Crippen molar-refractivity contribution in [1.82, 2.24) is 4.98 Å². The Bertz CT molecular complexity index is 956. The molecule has 1 N–H and O–H groups in total. The molecule has 0 fully saturated rings. The van der Waals surface area contributed by atoms with Crippen LogP contribution in [0.2, 0.25) is 10.0 Å². The molecule has 1 amide bonds. The van der Waals surface area contributed by atoms with Gasteiger partial charge in [-0.2, -0.15) is 0 Å². The van der Waals surface area contributed by atoms with Crippen molar-refractivity contribution >= 4 is 46.1 Å². The number of anilines is 1. The molecule has 0 spiro atoms. The number of carbonyl (C=O) groups is 1. The molecule has 134 valence electrons. The van der Waals surface area contributed by atoms with Gasteiger partial charge in [-0.25, -0.2) is 4.98 Å². The Morgan fingerprint density at radius 3 is 2.62 bits per heavy atom. The highest BCUT2D eigenvalue weighted by molar-refractivity contribution is 7.09. The lowest BCUT2D eigenvalue weighted by molar-refractivity contribution is 0.102. The van der Waals surface area contributed by atoms with Crippen LogP contribution in [0.5, 0.6) is 5.75 Å². The molecule has 1 heterocycles. The summed E-state index contributed by atoms with van der Waals surface area (Å²) in [5.74, 6) is 0.275. The van der Waals surface area contributed by atoms with E-state index in [1.165, 1.54) is 0 Å². The van der Waals surface area contributed by atoms with Crippen LogP contribution in [0.3, 0.4) is 0 Å². The number of hydrogen-bond acceptors (Lipinski definition) is 4. The number of thiazole rings is 1. The molecule has 3 rings (SSSR count). The number of nitrogens with zero attached hydrogens (tertiary/aromatic N) is 1. The van der Waals surface area contributed by atoms with Gasteiger partial charge in [-0.3, -0.25) is 4.79 Å². The Balaban J connectivity index is 1.80. The first-order valence-electron chi connectivity index (χ1n) is 7.91. The standard InChI is InChI=1S/C19H16Cl2N2O2S/c1-3-18-23-17(10-26-18)13-6-4-11(8-15(13)20)22-19(24)14-7-5-12(25-2)9-16(14)21/h4-10H,3H2,1-2H3,(H,22,24). The van der Waals surface area contributed by atoms with E-state index in [2.05, 4.69) is 17.2 Å². The third kappa shape index (κ3) is 4.01. The van der Waals surface area contributed by atoms with E-state index in [9.17, 15) is 4.79 Å². The van der Waals surface area contributed by atoms with Crippen LogP contribution in [0.25, 0.3) is 11.3 Å². The number of aromatic nitrogens is 1. The smallest absolute Gasteiger partial charge is 0.257 e. The van der Waals surface area contributed by atoms with Gasteiger partial charge in [0.1, 0.15) is 5.75 Å². The van der Waals surface area contributed by atoms with Crippen LogP contribution in [-0.4, -0.2) is 18.0 Å². The number of methoxy groups -OCH3 is 1. The van der Waals surface area contributed by atoms with Crippen LogP contribution in [0, 0.1) is 0 Å². The van der Waals surface area contributed by atoms with Gasteiger partial charge in [-0.1, -0.05) is 30.1 Å². The zero-order valence-corrected chi connectivity index (χ0v) is 16.5. The van der Waals surface area contributed by atoms with E-state index in [1.54, 1.807) is 48.8 Å². The number of aryl methyl sites for hydroxylation is 1. The summed E-state index contributed by atoms with van der Waals surface area (Å²) in [7, 11) is 1.54. The van der Waals surface area contributed by atoms with E-state index in [0.29, 0.717) is 27.0 Å². The minimum atomic E-state index is -0.316. The van der Waals surface area contributed by atoms with Crippen molar-refractivity contribution < 1.29 is 9.53 Å². The second-order valence-electron chi connectivity index (χ2n) is 5.47. The SMILES string of the molecule is CCc1nc(-c2ccc(NC(=O)c3ccc(OC)cc3Cl)cc2Cl)cs1. The predicted octanol–water partition coefficient (Wildman–Crippen LogP) is 5.94. The summed E-state index contributed by atoms with van der Waals surface area (Å²) in [6, 6.07) is 10.2. The highest BCUT2D eigenvalue weighted by Crippen LogP contribution is 2.32. The summed E-state index contributed by atoms with van der Waals surface area (Å²) >= 11 is 14.1. The average Bonchev–Trinajstić information content (AvgIpc) is 3.10. The summed E-state index contributed by atoms with van der Waals surface area (Å²) < 4.78 is 5.09. The zero-order chi connectivity index (χ0) is 18.7. The van der Waals surface area contributed by atoms with Crippen molar-refractivity contribution in [2.75, 3.05) is 12.4 Å². The molecule has 2 aromatic carbocycles. The lowest BCUT2D eigenvalue weighted by Crippen LogP contribution is -2.12. The minimum Gasteiger partial charge on any atom is -0.497 e. The molecule has 0 saturated carbocycles. The molecule has 26 heavy (non-hydrogen) atoms. The number of rotatable bonds is 5. The van der Waals surface area contributed by atoms with Gasteiger partial charge in [-0.15, -0.1) is 11.3 Å². The number of nitrogens with one attached hydrogen (secondary N) is 1. The van der Waals surface area contributed by atoms with Gasteiger partial charge < -0.3 is 10.1 Å². The first kappa shape index (κ1) is 18.7. The van der Waals surface area contributed by atoms with Gasteiger partial charge in [0.25, 0.3) is 5.91 Å². The van der Waals surface area contributed by atoms with Crippen LogP contribution in [0.1, 0.15) is 22.3 Å². The van der Waals surface area contributed by atoms with Crippen LogP contribution in [0.15, 0.2) is 41.8 Å². The molecule has 0 aliphatic rings. The lowest BCUT2D eigenvalue weighted by Gasteiger charge is -2.10. The van der Waals surface area contributed by atoms with Crippen molar-refractivity contribution in [3.05, 3.63) is 62.4 Å². The first-order chi connectivity index (χ1) is 12.5. The van der Waals surface area contributed by atoms with E-state index in [0.717, 1.165) is 22.7 Å². The van der Waals surface area contributed by atoms with Crippen LogP contribution in [0.4, 0.5) is 5.69 Å². The quantitative estimate of drug-likeness (QED) is 0.570. The first-order valence-corrected chi connectivity index (χ1v) is 9.54. The Labute approximate surface area is 165 Å². The molecule has 7 heteroatoms. The number of carbonyl (C=O) groups excluding carboxylic acids is 1. The van der Waals surface area contributed by atoms with Crippen molar-refractivity contribution in [1.29, 1.82) is 0 Å². The summed E-state index contributed by atoms with van der Waals surface area (Å²) in [5.41, 5.74) is 2.62. The highest BCUT2D eigenvalue weighted by Gasteiger charge is 2.13. The summed E-state index contributed by atoms with van der Waals surface area (Å²) in [6.07, 6.45) is 0.888. The maximum absolute atomic E-state index is 12.5. The van der Waals surface area contributed by atoms with Crippen molar-refractivity contribution in [3.63, 3.8) is 0 Å². The fourth-order valence-electron chi connectivity index (χ4n) is 2.40. The highest BCUT2D eigenvalue weighted by atomic mass is 35.5. The van der Waals surface area contributed by atoms with Crippen LogP contribution >= 0.6 is 34.5 Å². The molecular formula is C19H16Cl2N2O2S. The molecule has 0 atom stereocenters. The average molecular weight is 407 g/mol. The largest absolute Gasteiger partial charge is 0.497 e. The van der Waals surface area contributed by atoms with Crippen LogP contribution in [-0.2, 0) is 6.42 Å². The molecule has 0 unspecified atom stereocenters. The fourth-order valence-corrected chi connectivity index (χ4v) is 3.68. The zero-order valence-electron chi connectivity index (χ0n) is 14.2. The van der Waals surface area contributed by atoms with E-state index >= 15 is 0 Å². The van der Waals surface area contributed by atoms with Crippen molar-refractivity contribution in [2.24, 2.45) is 0 Å². The molecule has 0 radical (unpaired) electrons. The maximum Gasteiger partial charge on any atom is 0.257 e. The van der Waals surface area contributed by atoms with Gasteiger partial charge in [-0.05, 0) is 42.8 Å². The lowest BCUT2D eigenvalue weighted by atomic mass is 10.1. The normalized spacial score (nSPS) is 10.6. The maximum atomic E-state index is 12.5. The Hall–Kier alpha value is -2.08. The van der Waals surface area contributed by atoms with E-state index < -0.39 is 0 Å². The number of halogens is 2. The topological polar surface area (TPSA) is 51.2 Å². The van der Waals surface area contributed by atoms with Crippen molar-refractivity contribution in [2.45, 2.75) is 13.3 Å². The molecular weight excluding hydrogens is 391 g/mol. The molecule has 0 saturated heterocycles. The van der Waals surface area contributed by atoms with E-state index in [1.807, 2.05) is 11.4 Å². The van der Waals surface area contributed by atoms with E-state index in [-0.39, 0.29) is 5.91 Å². The van der Waals surface area contributed by atoms with Crippen molar-refractivity contribution in [3.8, 4) is 17.0 Å². The molecule has 0 bridgehead atoms. The minimum absolute atomic E-state index is 0.316. The Morgan fingerprint density at radius 1 is 1.19 bits per heavy atom. The summed E-state index contributed by atoms with van der Waals surface area (Å²) in [5, 5.41) is 6.69. The second-order valence-corrected chi connectivity index (χ2v) is 7.23. The molecule has 0 aliphatic carbocycles. The molecule has 0 aliphatic heterocycles. The van der Waals surface area contributed by atoms with Gasteiger partial charge in [0, 0.05) is 16.6 Å². The second kappa shape index (κ2) is 8.08. The summed E-state index contributed by atoms with van der Waals surface area (Å²) in [4.78, 5) is 17.0. The van der Waals surface area contributed by atoms with E-state index in [4.69, 9.17) is 27.9 Å². The fraction of sp³-hybridized carbons (Fsp3) is 0.158. The Kier molecular flexibility index (Phi) is 5.81. The molecule has 4 nitrogen and oxygen atoms in total. The predicted molar refractivity (Wildman–Crippen MR) is 108 cm³/mol. The third-order valence-electron chi connectivity index (χ3n) is 3.78.